The maximum Gasteiger partial charge on any atom is 0.336 e. The summed E-state index contributed by atoms with van der Waals surface area (Å²) in [6, 6.07) is 2.81. The van der Waals surface area contributed by atoms with Gasteiger partial charge >= 0.3 is 17.9 Å². The number of carboxylic acids is 3. The molecule has 0 amide bonds. The van der Waals surface area contributed by atoms with Crippen molar-refractivity contribution < 1.29 is 39.9 Å². The molecule has 8 nitrogen and oxygen atoms in total. The Labute approximate surface area is 210 Å². The normalized spacial score (nSPS) is 9.94. The maximum absolute atomic E-state index is 10.6. The third kappa shape index (κ3) is 20.6. The van der Waals surface area contributed by atoms with Crippen molar-refractivity contribution in [2.24, 2.45) is 0 Å². The molecule has 0 aliphatic rings. The van der Waals surface area contributed by atoms with E-state index in [4.69, 9.17) is 25.5 Å². The summed E-state index contributed by atoms with van der Waals surface area (Å²) < 4.78 is 0. The summed E-state index contributed by atoms with van der Waals surface area (Å²) in [6.45, 7) is 5.19. The molecular weight excluding hydrogens is 452 g/mol. The average molecular weight is 499 g/mol. The summed E-state index contributed by atoms with van der Waals surface area (Å²) in [5.74, 6) is -4.20. The zero-order valence-electron chi connectivity index (χ0n) is 21.5. The first-order valence-electron chi connectivity index (χ1n) is 12.8. The Bertz CT molecular complexity index is 674. The van der Waals surface area contributed by atoms with Gasteiger partial charge in [0.05, 0.1) is 16.7 Å². The highest BCUT2D eigenvalue weighted by atomic mass is 16.4. The van der Waals surface area contributed by atoms with Crippen LogP contribution < -0.4 is 0 Å². The second kappa shape index (κ2) is 24.7. The van der Waals surface area contributed by atoms with E-state index in [2.05, 4.69) is 13.8 Å². The molecule has 0 spiro atoms. The second-order valence-electron chi connectivity index (χ2n) is 8.37. The lowest BCUT2D eigenvalue weighted by atomic mass is 10.0. The van der Waals surface area contributed by atoms with E-state index in [0.717, 1.165) is 31.0 Å². The lowest BCUT2D eigenvalue weighted by molar-refractivity contribution is 0.0649. The minimum absolute atomic E-state index is 0.266. The van der Waals surface area contributed by atoms with E-state index in [0.29, 0.717) is 13.2 Å². The fourth-order valence-corrected chi connectivity index (χ4v) is 3.18. The van der Waals surface area contributed by atoms with Crippen LogP contribution in [0.3, 0.4) is 0 Å². The Hall–Kier alpha value is -2.45. The Kier molecular flexibility index (Phi) is 24.5. The number of unbranched alkanes of at least 4 members (excludes halogenated alkanes) is 12. The second-order valence-corrected chi connectivity index (χ2v) is 8.37. The molecule has 1 rings (SSSR count). The van der Waals surface area contributed by atoms with Gasteiger partial charge in [-0.3, -0.25) is 0 Å². The van der Waals surface area contributed by atoms with E-state index in [1.54, 1.807) is 0 Å². The van der Waals surface area contributed by atoms with E-state index in [1.165, 1.54) is 77.0 Å². The van der Waals surface area contributed by atoms with Gasteiger partial charge in [-0.1, -0.05) is 90.9 Å². The molecule has 8 heteroatoms. The van der Waals surface area contributed by atoms with Crippen LogP contribution in [0.2, 0.25) is 0 Å². The van der Waals surface area contributed by atoms with Crippen LogP contribution in [-0.2, 0) is 0 Å². The van der Waals surface area contributed by atoms with Crippen LogP contribution in [0.4, 0.5) is 0 Å². The first-order chi connectivity index (χ1) is 16.8. The number of hydrogen-bond acceptors (Lipinski definition) is 5. The highest BCUT2D eigenvalue weighted by molar-refractivity contribution is 6.03. The van der Waals surface area contributed by atoms with Crippen LogP contribution in [0.1, 0.15) is 135 Å². The van der Waals surface area contributed by atoms with Gasteiger partial charge in [-0.25, -0.2) is 14.4 Å². The van der Waals surface area contributed by atoms with E-state index >= 15 is 0 Å². The minimum atomic E-state index is -1.48. The Morgan fingerprint density at radius 2 is 0.914 bits per heavy atom. The molecule has 0 bridgehead atoms. The summed E-state index contributed by atoms with van der Waals surface area (Å²) >= 11 is 0. The van der Waals surface area contributed by atoms with E-state index in [9.17, 15) is 14.4 Å². The fourth-order valence-electron chi connectivity index (χ4n) is 3.18. The number of carboxylic acid groups (broad SMARTS) is 3. The van der Waals surface area contributed by atoms with Crippen molar-refractivity contribution in [2.45, 2.75) is 104 Å². The topological polar surface area (TPSA) is 152 Å². The predicted octanol–water partition coefficient (Wildman–Crippen LogP) is 6.24. The first kappa shape index (κ1) is 34.7. The molecule has 0 aromatic heterocycles. The predicted molar refractivity (Wildman–Crippen MR) is 137 cm³/mol. The smallest absolute Gasteiger partial charge is 0.336 e. The van der Waals surface area contributed by atoms with Gasteiger partial charge in [0.15, 0.2) is 0 Å². The van der Waals surface area contributed by atoms with Crippen LogP contribution in [0.5, 0.6) is 0 Å². The number of aliphatic hydroxyl groups excluding tert-OH is 2. The monoisotopic (exact) mass is 498 g/mol. The molecule has 0 heterocycles. The average Bonchev–Trinajstić information content (AvgIpc) is 2.84. The molecule has 5 N–H and O–H groups in total. The molecule has 0 saturated carbocycles. The van der Waals surface area contributed by atoms with Gasteiger partial charge < -0.3 is 25.5 Å². The summed E-state index contributed by atoms with van der Waals surface area (Å²) in [5.41, 5.74) is -1.24. The SMILES string of the molecule is CCCCCCCCCCO.CCCCCCCCO.O=C(O)c1ccc(C(=O)O)c(C(=O)O)c1. The fraction of sp³-hybridized carbons (Fsp3) is 0.667. The van der Waals surface area contributed by atoms with Crippen molar-refractivity contribution in [3.8, 4) is 0 Å². The molecule has 1 aromatic carbocycles. The highest BCUT2D eigenvalue weighted by Gasteiger charge is 2.17. The molecule has 35 heavy (non-hydrogen) atoms. The van der Waals surface area contributed by atoms with E-state index < -0.39 is 29.0 Å². The maximum atomic E-state index is 10.6. The number of aromatic carboxylic acids is 3. The summed E-state index contributed by atoms with van der Waals surface area (Å²) in [5, 5.41) is 42.8. The molecule has 0 unspecified atom stereocenters. The van der Waals surface area contributed by atoms with E-state index in [-0.39, 0.29) is 5.56 Å². The van der Waals surface area contributed by atoms with Crippen molar-refractivity contribution in [3.63, 3.8) is 0 Å². The number of carbonyl (C=O) groups is 3. The van der Waals surface area contributed by atoms with Crippen molar-refractivity contribution >= 4 is 17.9 Å². The molecule has 0 aliphatic heterocycles. The van der Waals surface area contributed by atoms with Crippen molar-refractivity contribution in [2.75, 3.05) is 13.2 Å². The summed E-state index contributed by atoms with van der Waals surface area (Å²) in [7, 11) is 0. The number of benzene rings is 1. The van der Waals surface area contributed by atoms with Crippen LogP contribution in [0, 0.1) is 0 Å². The van der Waals surface area contributed by atoms with Crippen LogP contribution in [0.15, 0.2) is 18.2 Å². The van der Waals surface area contributed by atoms with Crippen LogP contribution >= 0.6 is 0 Å². The number of hydrogen-bond donors (Lipinski definition) is 5. The number of aliphatic hydroxyl groups is 2. The van der Waals surface area contributed by atoms with E-state index in [1.807, 2.05) is 0 Å². The zero-order chi connectivity index (χ0) is 26.9. The van der Waals surface area contributed by atoms with Gasteiger partial charge in [0.1, 0.15) is 0 Å². The van der Waals surface area contributed by atoms with Crippen molar-refractivity contribution in [3.05, 3.63) is 34.9 Å². The third-order valence-electron chi connectivity index (χ3n) is 5.25. The molecule has 0 radical (unpaired) electrons. The Balaban J connectivity index is 0. The van der Waals surface area contributed by atoms with Crippen LogP contribution in [0.25, 0.3) is 0 Å². The molecule has 0 aliphatic carbocycles. The third-order valence-corrected chi connectivity index (χ3v) is 5.25. The Morgan fingerprint density at radius 3 is 1.23 bits per heavy atom. The molecule has 1 aromatic rings. The lowest BCUT2D eigenvalue weighted by Crippen LogP contribution is -2.10. The van der Waals surface area contributed by atoms with Gasteiger partial charge in [-0.05, 0) is 31.0 Å². The zero-order valence-corrected chi connectivity index (χ0v) is 21.5. The largest absolute Gasteiger partial charge is 0.478 e. The molecule has 202 valence electrons. The van der Waals surface area contributed by atoms with Gasteiger partial charge in [0.25, 0.3) is 0 Å². The molecular formula is C27H46O8. The van der Waals surface area contributed by atoms with Gasteiger partial charge in [0, 0.05) is 13.2 Å². The van der Waals surface area contributed by atoms with Crippen molar-refractivity contribution in [1.82, 2.24) is 0 Å². The lowest BCUT2D eigenvalue weighted by Gasteiger charge is -2.02. The first-order valence-corrected chi connectivity index (χ1v) is 12.8. The summed E-state index contributed by atoms with van der Waals surface area (Å²) in [6.07, 6.45) is 17.9. The van der Waals surface area contributed by atoms with Crippen LogP contribution in [-0.4, -0.2) is 56.7 Å². The van der Waals surface area contributed by atoms with Crippen molar-refractivity contribution in [1.29, 1.82) is 0 Å². The van der Waals surface area contributed by atoms with Gasteiger partial charge in [-0.2, -0.15) is 0 Å². The Morgan fingerprint density at radius 1 is 0.543 bits per heavy atom. The quantitative estimate of drug-likeness (QED) is 0.158. The standard InChI is InChI=1S/C10H22O.C9H6O6.C8H18O/c1-2-3-4-5-6-7-8-9-10-11;10-7(11)4-1-2-5(8(12)13)6(3-4)9(14)15;1-2-3-4-5-6-7-8-9/h11H,2-10H2,1H3;1-3H,(H,10,11)(H,12,13)(H,14,15);9H,2-8H2,1H3. The molecule has 0 saturated heterocycles. The number of rotatable bonds is 17. The summed E-state index contributed by atoms with van der Waals surface area (Å²) in [4.78, 5) is 31.8. The van der Waals surface area contributed by atoms with Gasteiger partial charge in [-0.15, -0.1) is 0 Å². The van der Waals surface area contributed by atoms with Gasteiger partial charge in [0.2, 0.25) is 0 Å². The molecule has 0 fully saturated rings. The minimum Gasteiger partial charge on any atom is -0.478 e. The highest BCUT2D eigenvalue weighted by Crippen LogP contribution is 2.13. The molecule has 0 atom stereocenters.